The van der Waals surface area contributed by atoms with Gasteiger partial charge < -0.3 is 10.4 Å². The zero-order valence-electron chi connectivity index (χ0n) is 12.2. The topological polar surface area (TPSA) is 66.4 Å². The molecule has 2 saturated carbocycles. The lowest BCUT2D eigenvalue weighted by Gasteiger charge is -2.28. The van der Waals surface area contributed by atoms with Crippen molar-refractivity contribution in [2.75, 3.05) is 0 Å². The zero-order chi connectivity index (χ0) is 15.0. The first-order valence-electron chi connectivity index (χ1n) is 7.66. The van der Waals surface area contributed by atoms with E-state index in [0.29, 0.717) is 0 Å². The molecular formula is C17H21NO3. The number of benzene rings is 1. The van der Waals surface area contributed by atoms with Crippen molar-refractivity contribution in [2.45, 2.75) is 32.2 Å². The van der Waals surface area contributed by atoms with E-state index in [4.69, 9.17) is 0 Å². The van der Waals surface area contributed by atoms with Gasteiger partial charge in [-0.25, -0.2) is 0 Å². The minimum Gasteiger partial charge on any atom is -0.481 e. The molecule has 1 aromatic rings. The van der Waals surface area contributed by atoms with Crippen molar-refractivity contribution in [1.29, 1.82) is 0 Å². The number of carboxylic acid groups (broad SMARTS) is 1. The lowest BCUT2D eigenvalue weighted by Crippen LogP contribution is -2.42. The molecule has 5 atom stereocenters. The number of carboxylic acids is 1. The summed E-state index contributed by atoms with van der Waals surface area (Å²) >= 11 is 0. The van der Waals surface area contributed by atoms with Crippen LogP contribution in [0.4, 0.5) is 0 Å². The smallest absolute Gasteiger partial charge is 0.307 e. The molecule has 112 valence electrons. The fourth-order valence-corrected chi connectivity index (χ4v) is 4.16. The summed E-state index contributed by atoms with van der Waals surface area (Å²) < 4.78 is 0. The van der Waals surface area contributed by atoms with Crippen LogP contribution in [0.1, 0.15) is 37.8 Å². The van der Waals surface area contributed by atoms with Gasteiger partial charge in [0, 0.05) is 0 Å². The summed E-state index contributed by atoms with van der Waals surface area (Å²) in [4.78, 5) is 24.0. The molecule has 0 heterocycles. The minimum absolute atomic E-state index is 0.0905. The van der Waals surface area contributed by atoms with Gasteiger partial charge in [-0.1, -0.05) is 30.3 Å². The van der Waals surface area contributed by atoms with Gasteiger partial charge in [-0.05, 0) is 43.6 Å². The third-order valence-electron chi connectivity index (χ3n) is 5.16. The van der Waals surface area contributed by atoms with E-state index in [1.807, 2.05) is 37.3 Å². The van der Waals surface area contributed by atoms with Gasteiger partial charge in [0.1, 0.15) is 0 Å². The monoisotopic (exact) mass is 287 g/mol. The third kappa shape index (κ3) is 2.55. The number of hydrogen-bond acceptors (Lipinski definition) is 2. The molecule has 2 N–H and O–H groups in total. The highest BCUT2D eigenvalue weighted by Crippen LogP contribution is 2.52. The van der Waals surface area contributed by atoms with Gasteiger partial charge in [0.05, 0.1) is 17.9 Å². The maximum absolute atomic E-state index is 12.6. The van der Waals surface area contributed by atoms with Gasteiger partial charge in [0.2, 0.25) is 5.91 Å². The summed E-state index contributed by atoms with van der Waals surface area (Å²) in [6.45, 7) is 1.94. The van der Waals surface area contributed by atoms with Crippen LogP contribution in [-0.2, 0) is 9.59 Å². The second-order valence-electron chi connectivity index (χ2n) is 6.36. The summed E-state index contributed by atoms with van der Waals surface area (Å²) in [5, 5.41) is 12.4. The Morgan fingerprint density at radius 1 is 1.14 bits per heavy atom. The molecule has 1 amide bonds. The third-order valence-corrected chi connectivity index (χ3v) is 5.16. The Kier molecular flexibility index (Phi) is 3.70. The molecule has 1 aromatic carbocycles. The lowest BCUT2D eigenvalue weighted by molar-refractivity contribution is -0.149. The predicted octanol–water partition coefficient (Wildman–Crippen LogP) is 2.61. The van der Waals surface area contributed by atoms with E-state index < -0.39 is 11.9 Å². The Labute approximate surface area is 124 Å². The van der Waals surface area contributed by atoms with Crippen LogP contribution in [0.3, 0.4) is 0 Å². The first-order chi connectivity index (χ1) is 10.1. The second kappa shape index (κ2) is 5.51. The maximum Gasteiger partial charge on any atom is 0.307 e. The number of amides is 1. The number of carbonyl (C=O) groups excluding carboxylic acids is 1. The van der Waals surface area contributed by atoms with E-state index in [-0.39, 0.29) is 29.7 Å². The normalized spacial score (nSPS) is 31.9. The van der Waals surface area contributed by atoms with Gasteiger partial charge in [-0.15, -0.1) is 0 Å². The molecule has 2 aliphatic rings. The fraction of sp³-hybridized carbons (Fsp3) is 0.529. The molecule has 4 nitrogen and oxygen atoms in total. The predicted molar refractivity (Wildman–Crippen MR) is 78.4 cm³/mol. The highest BCUT2D eigenvalue weighted by molar-refractivity contribution is 5.86. The highest BCUT2D eigenvalue weighted by Gasteiger charge is 2.54. The molecule has 3 rings (SSSR count). The van der Waals surface area contributed by atoms with Gasteiger partial charge >= 0.3 is 5.97 Å². The van der Waals surface area contributed by atoms with Crippen molar-refractivity contribution in [1.82, 2.24) is 5.32 Å². The number of hydrogen-bond donors (Lipinski definition) is 2. The fourth-order valence-electron chi connectivity index (χ4n) is 4.16. The van der Waals surface area contributed by atoms with Gasteiger partial charge in [-0.3, -0.25) is 9.59 Å². The van der Waals surface area contributed by atoms with Crippen LogP contribution in [0.2, 0.25) is 0 Å². The van der Waals surface area contributed by atoms with Crippen molar-refractivity contribution in [3.8, 4) is 0 Å². The van der Waals surface area contributed by atoms with Crippen LogP contribution in [0, 0.1) is 23.7 Å². The molecule has 0 unspecified atom stereocenters. The highest BCUT2D eigenvalue weighted by atomic mass is 16.4. The molecule has 2 aliphatic carbocycles. The Bertz CT molecular complexity index is 542. The van der Waals surface area contributed by atoms with Crippen molar-refractivity contribution >= 4 is 11.9 Å². The van der Waals surface area contributed by atoms with Crippen molar-refractivity contribution < 1.29 is 14.7 Å². The first-order valence-corrected chi connectivity index (χ1v) is 7.66. The number of nitrogens with one attached hydrogen (secondary N) is 1. The molecule has 2 bridgehead atoms. The van der Waals surface area contributed by atoms with Crippen molar-refractivity contribution in [3.63, 3.8) is 0 Å². The average Bonchev–Trinajstić information content (AvgIpc) is 3.08. The van der Waals surface area contributed by atoms with Crippen LogP contribution < -0.4 is 5.32 Å². The number of carbonyl (C=O) groups is 2. The summed E-state index contributed by atoms with van der Waals surface area (Å²) in [5.74, 6) is -1.31. The molecule has 2 fully saturated rings. The standard InChI is InChI=1S/C17H21NO3/c1-10(11-5-3-2-4-6-11)18-16(19)14-12-7-8-13(9-12)15(14)17(20)21/h2-6,10,12-15H,7-9H2,1H3,(H,18,19)(H,20,21)/t10-,12+,13-,14-,15-/m0/s1. The van der Waals surface area contributed by atoms with Crippen LogP contribution in [0.5, 0.6) is 0 Å². The Hall–Kier alpha value is -1.84. The number of rotatable bonds is 4. The van der Waals surface area contributed by atoms with E-state index in [1.54, 1.807) is 0 Å². The van der Waals surface area contributed by atoms with Gasteiger partial charge in [0.25, 0.3) is 0 Å². The van der Waals surface area contributed by atoms with E-state index in [1.165, 1.54) is 0 Å². The summed E-state index contributed by atoms with van der Waals surface area (Å²) in [6.07, 6.45) is 2.85. The van der Waals surface area contributed by atoms with Gasteiger partial charge in [-0.2, -0.15) is 0 Å². The molecule has 0 aromatic heterocycles. The molecule has 0 radical (unpaired) electrons. The van der Waals surface area contributed by atoms with E-state index in [0.717, 1.165) is 24.8 Å². The number of fused-ring (bicyclic) bond motifs is 2. The van der Waals surface area contributed by atoms with E-state index >= 15 is 0 Å². The van der Waals surface area contributed by atoms with Crippen LogP contribution in [-0.4, -0.2) is 17.0 Å². The number of aliphatic carboxylic acids is 1. The lowest BCUT2D eigenvalue weighted by atomic mass is 9.78. The summed E-state index contributed by atoms with van der Waals surface area (Å²) in [6, 6.07) is 9.67. The molecule has 21 heavy (non-hydrogen) atoms. The minimum atomic E-state index is -0.810. The second-order valence-corrected chi connectivity index (χ2v) is 6.36. The molecule has 0 aliphatic heterocycles. The van der Waals surface area contributed by atoms with Crippen LogP contribution in [0.25, 0.3) is 0 Å². The van der Waals surface area contributed by atoms with E-state index in [2.05, 4.69) is 5.32 Å². The zero-order valence-corrected chi connectivity index (χ0v) is 12.2. The average molecular weight is 287 g/mol. The van der Waals surface area contributed by atoms with Crippen LogP contribution in [0.15, 0.2) is 30.3 Å². The largest absolute Gasteiger partial charge is 0.481 e. The summed E-state index contributed by atoms with van der Waals surface area (Å²) in [7, 11) is 0. The molecule has 0 spiro atoms. The quantitative estimate of drug-likeness (QED) is 0.894. The first kappa shape index (κ1) is 14.1. The van der Waals surface area contributed by atoms with Crippen molar-refractivity contribution in [2.24, 2.45) is 23.7 Å². The molecular weight excluding hydrogens is 266 g/mol. The maximum atomic E-state index is 12.6. The van der Waals surface area contributed by atoms with Gasteiger partial charge in [0.15, 0.2) is 0 Å². The molecule has 0 saturated heterocycles. The Morgan fingerprint density at radius 2 is 1.76 bits per heavy atom. The van der Waals surface area contributed by atoms with E-state index in [9.17, 15) is 14.7 Å². The Balaban J connectivity index is 1.72. The van der Waals surface area contributed by atoms with Crippen molar-refractivity contribution in [3.05, 3.63) is 35.9 Å². The molecule has 4 heteroatoms. The Morgan fingerprint density at radius 3 is 2.38 bits per heavy atom. The SMILES string of the molecule is C[C@H](NC(=O)[C@H]1[C@@H]2CC[C@@H](C2)[C@@H]1C(=O)O)c1ccccc1. The summed E-state index contributed by atoms with van der Waals surface area (Å²) in [5.41, 5.74) is 1.04. The van der Waals surface area contributed by atoms with Crippen LogP contribution >= 0.6 is 0 Å².